The lowest BCUT2D eigenvalue weighted by Gasteiger charge is -2.21. The number of hydrogen-bond acceptors (Lipinski definition) is 2. The number of aromatic nitrogens is 1. The molecule has 2 aromatic carbocycles. The van der Waals surface area contributed by atoms with Crippen LogP contribution in [-0.2, 0) is 0 Å². The second-order valence-electron chi connectivity index (χ2n) is 7.02. The van der Waals surface area contributed by atoms with E-state index in [1.165, 1.54) is 6.07 Å². The van der Waals surface area contributed by atoms with Gasteiger partial charge in [-0.05, 0) is 72.3 Å². The van der Waals surface area contributed by atoms with Gasteiger partial charge in [-0.15, -0.1) is 0 Å². The van der Waals surface area contributed by atoms with Crippen LogP contribution in [0.2, 0.25) is 0 Å². The Balaban J connectivity index is 1.55. The number of carbonyl (C=O) groups is 1. The number of fused-ring (bicyclic) bond motifs is 1. The van der Waals surface area contributed by atoms with Crippen LogP contribution in [0.5, 0.6) is 0 Å². The molecule has 5 heteroatoms. The topological polar surface area (TPSA) is 48.1 Å². The fourth-order valence-corrected chi connectivity index (χ4v) is 3.65. The van der Waals surface area contributed by atoms with E-state index in [1.54, 1.807) is 18.0 Å². The zero-order chi connectivity index (χ0) is 18.1. The molecule has 3 aromatic rings. The Labute approximate surface area is 152 Å². The molecule has 1 atom stereocenters. The first-order valence-electron chi connectivity index (χ1n) is 8.95. The Bertz CT molecular complexity index is 943. The molecule has 0 aliphatic carbocycles. The Morgan fingerprint density at radius 2 is 2.00 bits per heavy atom. The molecule has 2 N–H and O–H groups in total. The van der Waals surface area contributed by atoms with Gasteiger partial charge in [0.05, 0.1) is 5.56 Å². The maximum absolute atomic E-state index is 14.6. The summed E-state index contributed by atoms with van der Waals surface area (Å²) in [4.78, 5) is 17.4. The Morgan fingerprint density at radius 3 is 2.77 bits per heavy atom. The van der Waals surface area contributed by atoms with E-state index in [9.17, 15) is 9.18 Å². The summed E-state index contributed by atoms with van der Waals surface area (Å²) < 4.78 is 14.6. The second-order valence-corrected chi connectivity index (χ2v) is 7.02. The summed E-state index contributed by atoms with van der Waals surface area (Å²) in [6.45, 7) is 2.55. The highest BCUT2D eigenvalue weighted by Crippen LogP contribution is 2.26. The SMILES string of the molecule is CN(CC1CCNC1)C(=O)c1ccc(-c2ccc3[nH]ccc3c2)cc1F. The number of benzene rings is 2. The van der Waals surface area contributed by atoms with Gasteiger partial charge in [0.25, 0.3) is 5.91 Å². The van der Waals surface area contributed by atoms with Crippen molar-refractivity contribution in [1.29, 1.82) is 0 Å². The van der Waals surface area contributed by atoms with Crippen LogP contribution < -0.4 is 5.32 Å². The minimum absolute atomic E-state index is 0.130. The number of nitrogens with one attached hydrogen (secondary N) is 2. The van der Waals surface area contributed by atoms with Gasteiger partial charge in [0.2, 0.25) is 0 Å². The Hall–Kier alpha value is -2.66. The fraction of sp³-hybridized carbons (Fsp3) is 0.286. The number of rotatable bonds is 4. The number of H-pyrrole nitrogens is 1. The summed E-state index contributed by atoms with van der Waals surface area (Å²) in [6, 6.07) is 12.8. The van der Waals surface area contributed by atoms with Crippen LogP contribution in [-0.4, -0.2) is 42.5 Å². The molecule has 1 unspecified atom stereocenters. The van der Waals surface area contributed by atoms with E-state index in [1.807, 2.05) is 36.5 Å². The van der Waals surface area contributed by atoms with E-state index in [-0.39, 0.29) is 11.5 Å². The van der Waals surface area contributed by atoms with Crippen LogP contribution >= 0.6 is 0 Å². The van der Waals surface area contributed by atoms with Gasteiger partial charge in [-0.3, -0.25) is 4.79 Å². The van der Waals surface area contributed by atoms with E-state index in [4.69, 9.17) is 0 Å². The van der Waals surface area contributed by atoms with Gasteiger partial charge in [-0.1, -0.05) is 12.1 Å². The molecular weight excluding hydrogens is 329 g/mol. The van der Waals surface area contributed by atoms with Crippen molar-refractivity contribution >= 4 is 16.8 Å². The molecule has 1 aromatic heterocycles. The van der Waals surface area contributed by atoms with Gasteiger partial charge in [-0.2, -0.15) is 0 Å². The summed E-state index contributed by atoms with van der Waals surface area (Å²) in [6.07, 6.45) is 2.94. The maximum atomic E-state index is 14.6. The van der Waals surface area contributed by atoms with Gasteiger partial charge in [-0.25, -0.2) is 4.39 Å². The number of nitrogens with zero attached hydrogens (tertiary/aromatic N) is 1. The van der Waals surface area contributed by atoms with Crippen molar-refractivity contribution in [3.8, 4) is 11.1 Å². The van der Waals surface area contributed by atoms with Gasteiger partial charge in [0.15, 0.2) is 0 Å². The third-order valence-electron chi connectivity index (χ3n) is 5.13. The molecule has 1 saturated heterocycles. The first-order chi connectivity index (χ1) is 12.6. The number of aromatic amines is 1. The van der Waals surface area contributed by atoms with Crippen LogP contribution in [0.3, 0.4) is 0 Å². The van der Waals surface area contributed by atoms with Crippen molar-refractivity contribution in [2.45, 2.75) is 6.42 Å². The molecule has 134 valence electrons. The van der Waals surface area contributed by atoms with Crippen molar-refractivity contribution in [3.05, 3.63) is 60.0 Å². The molecule has 0 bridgehead atoms. The number of hydrogen-bond donors (Lipinski definition) is 2. The molecule has 26 heavy (non-hydrogen) atoms. The molecule has 0 spiro atoms. The van der Waals surface area contributed by atoms with Crippen molar-refractivity contribution in [2.24, 2.45) is 5.92 Å². The fourth-order valence-electron chi connectivity index (χ4n) is 3.65. The monoisotopic (exact) mass is 351 g/mol. The van der Waals surface area contributed by atoms with Crippen LogP contribution in [0.1, 0.15) is 16.8 Å². The molecule has 1 aliphatic heterocycles. The molecule has 2 heterocycles. The minimum Gasteiger partial charge on any atom is -0.361 e. The van der Waals surface area contributed by atoms with Gasteiger partial charge in [0, 0.05) is 25.3 Å². The summed E-state index contributed by atoms with van der Waals surface area (Å²) in [7, 11) is 1.74. The second kappa shape index (κ2) is 6.92. The maximum Gasteiger partial charge on any atom is 0.256 e. The molecular formula is C21H22FN3O. The third kappa shape index (κ3) is 3.22. The summed E-state index contributed by atoms with van der Waals surface area (Å²) in [5.74, 6) is -0.292. The third-order valence-corrected chi connectivity index (χ3v) is 5.13. The van der Waals surface area contributed by atoms with E-state index < -0.39 is 5.82 Å². The van der Waals surface area contributed by atoms with Gasteiger partial charge < -0.3 is 15.2 Å². The predicted molar refractivity (Wildman–Crippen MR) is 102 cm³/mol. The molecule has 1 amide bonds. The van der Waals surface area contributed by atoms with E-state index in [2.05, 4.69) is 10.3 Å². The normalized spacial score (nSPS) is 16.9. The highest BCUT2D eigenvalue weighted by Gasteiger charge is 2.22. The summed E-state index contributed by atoms with van der Waals surface area (Å²) in [5.41, 5.74) is 2.87. The van der Waals surface area contributed by atoms with Crippen molar-refractivity contribution in [3.63, 3.8) is 0 Å². The van der Waals surface area contributed by atoms with E-state index in [0.717, 1.165) is 41.5 Å². The first kappa shape index (κ1) is 16.8. The van der Waals surface area contributed by atoms with Gasteiger partial charge in [0.1, 0.15) is 5.82 Å². The highest BCUT2D eigenvalue weighted by atomic mass is 19.1. The van der Waals surface area contributed by atoms with Crippen LogP contribution in [0.25, 0.3) is 22.0 Å². The van der Waals surface area contributed by atoms with Crippen molar-refractivity contribution in [1.82, 2.24) is 15.2 Å². The average Bonchev–Trinajstić information content (AvgIpc) is 3.31. The quantitative estimate of drug-likeness (QED) is 0.754. The van der Waals surface area contributed by atoms with Crippen molar-refractivity contribution in [2.75, 3.05) is 26.7 Å². The van der Waals surface area contributed by atoms with Gasteiger partial charge >= 0.3 is 0 Å². The lowest BCUT2D eigenvalue weighted by atomic mass is 10.0. The predicted octanol–water partition coefficient (Wildman–Crippen LogP) is 3.66. The van der Waals surface area contributed by atoms with Crippen molar-refractivity contribution < 1.29 is 9.18 Å². The zero-order valence-corrected chi connectivity index (χ0v) is 14.8. The van der Waals surface area contributed by atoms with Crippen LogP contribution in [0, 0.1) is 11.7 Å². The smallest absolute Gasteiger partial charge is 0.256 e. The minimum atomic E-state index is -0.474. The van der Waals surface area contributed by atoms with Crippen LogP contribution in [0.4, 0.5) is 4.39 Å². The largest absolute Gasteiger partial charge is 0.361 e. The lowest BCUT2D eigenvalue weighted by molar-refractivity contribution is 0.0771. The molecule has 0 radical (unpaired) electrons. The number of carbonyl (C=O) groups excluding carboxylic acids is 1. The summed E-state index contributed by atoms with van der Waals surface area (Å²) >= 11 is 0. The standard InChI is InChI=1S/C21H22FN3O/c1-25(13-14-6-8-23-12-14)21(26)18-4-2-16(11-19(18)22)15-3-5-20-17(10-15)7-9-24-20/h2-5,7,9-11,14,23-24H,6,8,12-13H2,1H3. The van der Waals surface area contributed by atoms with E-state index in [0.29, 0.717) is 12.5 Å². The molecule has 0 saturated carbocycles. The molecule has 4 rings (SSSR count). The molecule has 1 aliphatic rings. The Kier molecular flexibility index (Phi) is 4.47. The Morgan fingerprint density at radius 1 is 1.19 bits per heavy atom. The van der Waals surface area contributed by atoms with E-state index >= 15 is 0 Å². The zero-order valence-electron chi connectivity index (χ0n) is 14.8. The van der Waals surface area contributed by atoms with Crippen LogP contribution in [0.15, 0.2) is 48.7 Å². The summed E-state index contributed by atoms with van der Waals surface area (Å²) in [5, 5.41) is 4.37. The highest BCUT2D eigenvalue weighted by molar-refractivity contribution is 5.95. The number of amides is 1. The first-order valence-corrected chi connectivity index (χ1v) is 8.95. The number of halogens is 1. The molecule has 4 nitrogen and oxygen atoms in total. The average molecular weight is 351 g/mol. The lowest BCUT2D eigenvalue weighted by Crippen LogP contribution is -2.33. The molecule has 1 fully saturated rings.